The zero-order chi connectivity index (χ0) is 13.3. The molecule has 0 spiro atoms. The normalized spacial score (nSPS) is 10.6. The average molecular weight is 248 g/mol. The van der Waals surface area contributed by atoms with Gasteiger partial charge in [-0.1, -0.05) is 0 Å². The molecule has 1 aromatic carbocycles. The summed E-state index contributed by atoms with van der Waals surface area (Å²) < 4.78 is 15.0. The number of nitrogens with zero attached hydrogens (tertiary/aromatic N) is 2. The van der Waals surface area contributed by atoms with E-state index in [0.29, 0.717) is 23.4 Å². The van der Waals surface area contributed by atoms with Crippen LogP contribution in [-0.4, -0.2) is 20.9 Å². The first-order valence-electron chi connectivity index (χ1n) is 5.60. The number of halogens is 1. The molecule has 0 unspecified atom stereocenters. The van der Waals surface area contributed by atoms with Crippen molar-refractivity contribution in [3.63, 3.8) is 0 Å². The fraction of sp³-hybridized carbons (Fsp3) is 0.231. The zero-order valence-corrected chi connectivity index (χ0v) is 10.1. The second-order valence-corrected chi connectivity index (χ2v) is 3.98. The van der Waals surface area contributed by atoms with E-state index in [2.05, 4.69) is 5.10 Å². The number of carbonyl (C=O) groups is 1. The highest BCUT2D eigenvalue weighted by Crippen LogP contribution is 2.27. The van der Waals surface area contributed by atoms with Crippen LogP contribution >= 0.6 is 0 Å². The number of carboxylic acids is 1. The van der Waals surface area contributed by atoms with Crippen molar-refractivity contribution >= 4 is 5.97 Å². The van der Waals surface area contributed by atoms with E-state index in [1.807, 2.05) is 6.92 Å². The Bertz CT molecular complexity index is 605. The van der Waals surface area contributed by atoms with E-state index in [1.165, 1.54) is 12.1 Å². The molecule has 2 aromatic rings. The van der Waals surface area contributed by atoms with Crippen LogP contribution < -0.4 is 0 Å². The summed E-state index contributed by atoms with van der Waals surface area (Å²) in [6.45, 7) is 4.39. The van der Waals surface area contributed by atoms with Crippen LogP contribution in [0, 0.1) is 12.7 Å². The fourth-order valence-electron chi connectivity index (χ4n) is 1.87. The van der Waals surface area contributed by atoms with Crippen molar-refractivity contribution in [1.29, 1.82) is 0 Å². The van der Waals surface area contributed by atoms with Crippen molar-refractivity contribution in [2.75, 3.05) is 0 Å². The average Bonchev–Trinajstić information content (AvgIpc) is 2.70. The first-order chi connectivity index (χ1) is 8.52. The molecular weight excluding hydrogens is 235 g/mol. The molecule has 5 heteroatoms. The van der Waals surface area contributed by atoms with Crippen molar-refractivity contribution in [1.82, 2.24) is 9.78 Å². The molecule has 0 bridgehead atoms. The number of aryl methyl sites for hydroxylation is 2. The van der Waals surface area contributed by atoms with E-state index in [4.69, 9.17) is 5.11 Å². The van der Waals surface area contributed by atoms with Gasteiger partial charge in [-0.3, -0.25) is 4.68 Å². The van der Waals surface area contributed by atoms with E-state index in [9.17, 15) is 9.18 Å². The molecule has 94 valence electrons. The van der Waals surface area contributed by atoms with Gasteiger partial charge in [0.2, 0.25) is 0 Å². The third kappa shape index (κ3) is 2.11. The number of aromatic nitrogens is 2. The highest BCUT2D eigenvalue weighted by Gasteiger charge is 2.16. The number of rotatable bonds is 3. The molecule has 4 nitrogen and oxygen atoms in total. The molecule has 0 radical (unpaired) electrons. The van der Waals surface area contributed by atoms with Crippen molar-refractivity contribution in [3.05, 3.63) is 41.5 Å². The van der Waals surface area contributed by atoms with Gasteiger partial charge in [0, 0.05) is 23.9 Å². The Labute approximate surface area is 104 Å². The maximum Gasteiger partial charge on any atom is 0.336 e. The molecule has 1 aromatic heterocycles. The van der Waals surface area contributed by atoms with E-state index < -0.39 is 11.8 Å². The van der Waals surface area contributed by atoms with Gasteiger partial charge in [-0.05, 0) is 32.0 Å². The third-order valence-electron chi connectivity index (χ3n) is 2.77. The summed E-state index contributed by atoms with van der Waals surface area (Å²) in [4.78, 5) is 11.1. The van der Waals surface area contributed by atoms with Crippen molar-refractivity contribution in [2.24, 2.45) is 0 Å². The highest BCUT2D eigenvalue weighted by atomic mass is 19.1. The van der Waals surface area contributed by atoms with Crippen LogP contribution in [0.25, 0.3) is 11.1 Å². The van der Waals surface area contributed by atoms with Crippen molar-refractivity contribution in [3.8, 4) is 11.1 Å². The monoisotopic (exact) mass is 248 g/mol. The Hall–Kier alpha value is -2.17. The van der Waals surface area contributed by atoms with Crippen LogP contribution in [0.15, 0.2) is 24.4 Å². The summed E-state index contributed by atoms with van der Waals surface area (Å²) in [5.74, 6) is -1.53. The number of carboxylic acid groups (broad SMARTS) is 1. The Morgan fingerprint density at radius 2 is 2.17 bits per heavy atom. The summed E-state index contributed by atoms with van der Waals surface area (Å²) >= 11 is 0. The van der Waals surface area contributed by atoms with E-state index in [-0.39, 0.29) is 5.56 Å². The molecule has 0 fully saturated rings. The molecule has 0 aliphatic heterocycles. The number of benzene rings is 1. The lowest BCUT2D eigenvalue weighted by Crippen LogP contribution is -2.00. The van der Waals surface area contributed by atoms with E-state index >= 15 is 0 Å². The predicted octanol–water partition coefficient (Wildman–Crippen LogP) is 2.72. The van der Waals surface area contributed by atoms with E-state index in [0.717, 1.165) is 6.07 Å². The zero-order valence-electron chi connectivity index (χ0n) is 10.1. The summed E-state index contributed by atoms with van der Waals surface area (Å²) in [5, 5.41) is 13.4. The fourth-order valence-corrected chi connectivity index (χ4v) is 1.87. The third-order valence-corrected chi connectivity index (χ3v) is 2.77. The molecule has 0 aliphatic carbocycles. The SMILES string of the molecule is CCn1cc(-c2cc(F)ccc2C(=O)O)c(C)n1. The lowest BCUT2D eigenvalue weighted by atomic mass is 10.0. The van der Waals surface area contributed by atoms with Gasteiger partial charge in [-0.15, -0.1) is 0 Å². The minimum atomic E-state index is -1.08. The van der Waals surface area contributed by atoms with Crippen LogP contribution in [0.5, 0.6) is 0 Å². The molecule has 0 saturated carbocycles. The van der Waals surface area contributed by atoms with Gasteiger partial charge in [-0.2, -0.15) is 5.10 Å². The van der Waals surface area contributed by atoms with Gasteiger partial charge in [0.05, 0.1) is 11.3 Å². The maximum atomic E-state index is 13.3. The number of hydrogen-bond donors (Lipinski definition) is 1. The summed E-state index contributed by atoms with van der Waals surface area (Å²) in [5.41, 5.74) is 1.77. The predicted molar refractivity (Wildman–Crippen MR) is 65.0 cm³/mol. The van der Waals surface area contributed by atoms with E-state index in [1.54, 1.807) is 17.8 Å². The first-order valence-corrected chi connectivity index (χ1v) is 5.60. The molecule has 0 aliphatic rings. The summed E-state index contributed by atoms with van der Waals surface area (Å²) in [7, 11) is 0. The van der Waals surface area contributed by atoms with Crippen molar-refractivity contribution in [2.45, 2.75) is 20.4 Å². The lowest BCUT2D eigenvalue weighted by molar-refractivity contribution is 0.0697. The second kappa shape index (κ2) is 4.60. The molecule has 0 atom stereocenters. The lowest BCUT2D eigenvalue weighted by Gasteiger charge is -2.04. The molecule has 1 heterocycles. The summed E-state index contributed by atoms with van der Waals surface area (Å²) in [6, 6.07) is 3.65. The van der Waals surface area contributed by atoms with Gasteiger partial charge in [0.15, 0.2) is 0 Å². The van der Waals surface area contributed by atoms with Gasteiger partial charge in [-0.25, -0.2) is 9.18 Å². The maximum absolute atomic E-state index is 13.3. The number of aromatic carboxylic acids is 1. The highest BCUT2D eigenvalue weighted by molar-refractivity contribution is 5.96. The standard InChI is InChI=1S/C13H13FN2O2/c1-3-16-7-12(8(2)15-16)11-6-9(14)4-5-10(11)13(17)18/h4-7H,3H2,1-2H3,(H,17,18). The van der Waals surface area contributed by atoms with Gasteiger partial charge >= 0.3 is 5.97 Å². The molecule has 0 amide bonds. The molecule has 2 rings (SSSR count). The Morgan fingerprint density at radius 3 is 2.72 bits per heavy atom. The van der Waals surface area contributed by atoms with Gasteiger partial charge in [0.1, 0.15) is 5.82 Å². The minimum Gasteiger partial charge on any atom is -0.478 e. The van der Waals surface area contributed by atoms with Crippen LogP contribution in [0.2, 0.25) is 0 Å². The molecular formula is C13H13FN2O2. The molecule has 18 heavy (non-hydrogen) atoms. The quantitative estimate of drug-likeness (QED) is 0.908. The van der Waals surface area contributed by atoms with Gasteiger partial charge in [0.25, 0.3) is 0 Å². The van der Waals surface area contributed by atoms with Crippen LogP contribution in [0.1, 0.15) is 23.0 Å². The van der Waals surface area contributed by atoms with Crippen LogP contribution in [0.3, 0.4) is 0 Å². The van der Waals surface area contributed by atoms with Crippen LogP contribution in [0.4, 0.5) is 4.39 Å². The second-order valence-electron chi connectivity index (χ2n) is 3.98. The Balaban J connectivity index is 2.64. The topological polar surface area (TPSA) is 55.1 Å². The van der Waals surface area contributed by atoms with Crippen molar-refractivity contribution < 1.29 is 14.3 Å². The first kappa shape index (κ1) is 12.3. The Morgan fingerprint density at radius 1 is 1.44 bits per heavy atom. The number of hydrogen-bond acceptors (Lipinski definition) is 2. The van der Waals surface area contributed by atoms with Gasteiger partial charge < -0.3 is 5.11 Å². The van der Waals surface area contributed by atoms with Crippen LogP contribution in [-0.2, 0) is 6.54 Å². The molecule has 1 N–H and O–H groups in total. The largest absolute Gasteiger partial charge is 0.478 e. The smallest absolute Gasteiger partial charge is 0.336 e. The summed E-state index contributed by atoms with van der Waals surface area (Å²) in [6.07, 6.45) is 1.73. The Kier molecular flexibility index (Phi) is 3.14. The molecule has 0 saturated heterocycles. The minimum absolute atomic E-state index is 0.0788.